The third-order valence-corrected chi connectivity index (χ3v) is 5.28. The molecule has 1 aromatic heterocycles. The number of carbonyl (C=O) groups excluding carboxylic acids is 1. The highest BCUT2D eigenvalue weighted by Gasteiger charge is 2.13. The fourth-order valence-electron chi connectivity index (χ4n) is 2.85. The molecule has 0 spiro atoms. The van der Waals surface area contributed by atoms with Gasteiger partial charge in [-0.05, 0) is 61.7 Å². The van der Waals surface area contributed by atoms with Gasteiger partial charge in [0.1, 0.15) is 11.5 Å². The van der Waals surface area contributed by atoms with Crippen molar-refractivity contribution in [3.8, 4) is 22.8 Å². The number of aryl methyl sites for hydroxylation is 1. The van der Waals surface area contributed by atoms with Crippen LogP contribution >= 0.6 is 11.3 Å². The first kappa shape index (κ1) is 20.9. The number of amides is 1. The van der Waals surface area contributed by atoms with Gasteiger partial charge in [-0.2, -0.15) is 0 Å². The fourth-order valence-corrected chi connectivity index (χ4v) is 3.70. The van der Waals surface area contributed by atoms with Gasteiger partial charge < -0.3 is 9.47 Å². The molecule has 0 saturated heterocycles. The normalized spacial score (nSPS) is 10.8. The molecule has 1 N–H and O–H groups in total. The van der Waals surface area contributed by atoms with E-state index < -0.39 is 0 Å². The molecule has 0 aliphatic heterocycles. The van der Waals surface area contributed by atoms with Crippen molar-refractivity contribution in [2.45, 2.75) is 33.6 Å². The van der Waals surface area contributed by atoms with Crippen LogP contribution in [-0.4, -0.2) is 24.1 Å². The molecule has 29 heavy (non-hydrogen) atoms. The topological polar surface area (TPSA) is 60.5 Å². The van der Waals surface area contributed by atoms with E-state index in [-0.39, 0.29) is 12.5 Å². The number of hydrogen-bond acceptors (Lipinski definition) is 5. The molecule has 0 atom stereocenters. The van der Waals surface area contributed by atoms with Crippen molar-refractivity contribution in [3.05, 3.63) is 59.0 Å². The van der Waals surface area contributed by atoms with Gasteiger partial charge in [0.25, 0.3) is 5.91 Å². The first-order valence-electron chi connectivity index (χ1n) is 9.69. The van der Waals surface area contributed by atoms with E-state index in [9.17, 15) is 4.79 Å². The molecule has 0 bridgehead atoms. The Bertz CT molecular complexity index is 947. The van der Waals surface area contributed by atoms with Crippen molar-refractivity contribution >= 4 is 22.4 Å². The SMILES string of the molecule is CCOc1ccc(-c2nc(NC(=O)COc3ccc(C(C)C)cc3)sc2C)cc1. The van der Waals surface area contributed by atoms with Gasteiger partial charge >= 0.3 is 0 Å². The van der Waals surface area contributed by atoms with Crippen LogP contribution in [0, 0.1) is 6.92 Å². The molecule has 6 heteroatoms. The van der Waals surface area contributed by atoms with Crippen LogP contribution in [-0.2, 0) is 4.79 Å². The van der Waals surface area contributed by atoms with Gasteiger partial charge in [0.2, 0.25) is 0 Å². The van der Waals surface area contributed by atoms with E-state index in [1.54, 1.807) is 0 Å². The molecule has 0 aliphatic carbocycles. The maximum Gasteiger partial charge on any atom is 0.264 e. The summed E-state index contributed by atoms with van der Waals surface area (Å²) >= 11 is 1.45. The van der Waals surface area contributed by atoms with Crippen LogP contribution in [0.4, 0.5) is 5.13 Å². The lowest BCUT2D eigenvalue weighted by Crippen LogP contribution is -2.20. The van der Waals surface area contributed by atoms with Crippen molar-refractivity contribution in [1.29, 1.82) is 0 Å². The standard InChI is InChI=1S/C23H26N2O3S/c1-5-27-19-12-8-18(9-13-19)22-16(4)29-23(25-22)24-21(26)14-28-20-10-6-17(7-11-20)15(2)3/h6-13,15H,5,14H2,1-4H3,(H,24,25,26). The minimum absolute atomic E-state index is 0.0575. The monoisotopic (exact) mass is 410 g/mol. The van der Waals surface area contributed by atoms with Crippen LogP contribution in [0.15, 0.2) is 48.5 Å². The highest BCUT2D eigenvalue weighted by atomic mass is 32.1. The molecule has 1 amide bonds. The van der Waals surface area contributed by atoms with Gasteiger partial charge in [0.15, 0.2) is 11.7 Å². The number of rotatable bonds is 8. The zero-order chi connectivity index (χ0) is 20.8. The fraction of sp³-hybridized carbons (Fsp3) is 0.304. The number of nitrogens with one attached hydrogen (secondary N) is 1. The maximum atomic E-state index is 12.2. The molecule has 0 unspecified atom stereocenters. The predicted octanol–water partition coefficient (Wildman–Crippen LogP) is 5.66. The zero-order valence-electron chi connectivity index (χ0n) is 17.2. The Kier molecular flexibility index (Phi) is 6.88. The van der Waals surface area contributed by atoms with Crippen molar-refractivity contribution in [2.24, 2.45) is 0 Å². The highest BCUT2D eigenvalue weighted by Crippen LogP contribution is 2.31. The first-order chi connectivity index (χ1) is 14.0. The number of nitrogens with zero attached hydrogens (tertiary/aromatic N) is 1. The molecule has 0 radical (unpaired) electrons. The molecule has 0 aliphatic rings. The van der Waals surface area contributed by atoms with E-state index in [1.165, 1.54) is 16.9 Å². The summed E-state index contributed by atoms with van der Waals surface area (Å²) < 4.78 is 11.1. The molecular formula is C23H26N2O3S. The molecule has 0 fully saturated rings. The molecule has 5 nitrogen and oxygen atoms in total. The number of carbonyl (C=O) groups is 1. The van der Waals surface area contributed by atoms with Crippen molar-refractivity contribution in [1.82, 2.24) is 4.98 Å². The second-order valence-corrected chi connectivity index (χ2v) is 8.14. The molecule has 0 saturated carbocycles. The van der Waals surface area contributed by atoms with Gasteiger partial charge in [0, 0.05) is 10.4 Å². The molecule has 3 rings (SSSR count). The second-order valence-electron chi connectivity index (χ2n) is 6.94. The molecular weight excluding hydrogens is 384 g/mol. The Morgan fingerprint density at radius 3 is 2.28 bits per heavy atom. The first-order valence-corrected chi connectivity index (χ1v) is 10.5. The molecule has 2 aromatic carbocycles. The van der Waals surface area contributed by atoms with Gasteiger partial charge in [-0.1, -0.05) is 26.0 Å². The summed E-state index contributed by atoms with van der Waals surface area (Å²) in [5.41, 5.74) is 3.09. The van der Waals surface area contributed by atoms with E-state index in [0.29, 0.717) is 23.4 Å². The quantitative estimate of drug-likeness (QED) is 0.521. The minimum Gasteiger partial charge on any atom is -0.494 e. The number of benzene rings is 2. The van der Waals surface area contributed by atoms with Gasteiger partial charge in [-0.3, -0.25) is 10.1 Å². The van der Waals surface area contributed by atoms with Crippen molar-refractivity contribution in [3.63, 3.8) is 0 Å². The summed E-state index contributed by atoms with van der Waals surface area (Å²) in [5, 5.41) is 3.39. The Morgan fingerprint density at radius 1 is 1.03 bits per heavy atom. The van der Waals surface area contributed by atoms with Crippen LogP contribution in [0.3, 0.4) is 0 Å². The Hall–Kier alpha value is -2.86. The van der Waals surface area contributed by atoms with E-state index in [2.05, 4.69) is 24.1 Å². The molecule has 152 valence electrons. The van der Waals surface area contributed by atoms with Crippen molar-refractivity contribution < 1.29 is 14.3 Å². The summed E-state index contributed by atoms with van der Waals surface area (Å²) in [4.78, 5) is 17.9. The summed E-state index contributed by atoms with van der Waals surface area (Å²) in [7, 11) is 0. The number of ether oxygens (including phenoxy) is 2. The van der Waals surface area contributed by atoms with Crippen LogP contribution in [0.2, 0.25) is 0 Å². The maximum absolute atomic E-state index is 12.2. The van der Waals surface area contributed by atoms with E-state index in [1.807, 2.05) is 62.4 Å². The van der Waals surface area contributed by atoms with Gasteiger partial charge in [-0.15, -0.1) is 11.3 Å². The van der Waals surface area contributed by atoms with E-state index >= 15 is 0 Å². The third-order valence-electron chi connectivity index (χ3n) is 4.40. The third kappa shape index (κ3) is 5.57. The lowest BCUT2D eigenvalue weighted by molar-refractivity contribution is -0.118. The van der Waals surface area contributed by atoms with E-state index in [4.69, 9.17) is 9.47 Å². The van der Waals surface area contributed by atoms with Gasteiger partial charge in [0.05, 0.1) is 12.3 Å². The minimum atomic E-state index is -0.232. The summed E-state index contributed by atoms with van der Waals surface area (Å²) in [6, 6.07) is 15.6. The van der Waals surface area contributed by atoms with Crippen LogP contribution in [0.1, 0.15) is 37.1 Å². The number of hydrogen-bond donors (Lipinski definition) is 1. The molecule has 3 aromatic rings. The highest BCUT2D eigenvalue weighted by molar-refractivity contribution is 7.16. The van der Waals surface area contributed by atoms with Crippen LogP contribution in [0.25, 0.3) is 11.3 Å². The Labute approximate surface area is 175 Å². The largest absolute Gasteiger partial charge is 0.494 e. The second kappa shape index (κ2) is 9.56. The van der Waals surface area contributed by atoms with E-state index in [0.717, 1.165) is 21.9 Å². The summed E-state index contributed by atoms with van der Waals surface area (Å²) in [5.74, 6) is 1.74. The summed E-state index contributed by atoms with van der Waals surface area (Å²) in [6.45, 7) is 8.80. The van der Waals surface area contributed by atoms with Crippen LogP contribution in [0.5, 0.6) is 11.5 Å². The number of thiazole rings is 1. The van der Waals surface area contributed by atoms with Crippen LogP contribution < -0.4 is 14.8 Å². The number of anilines is 1. The zero-order valence-corrected chi connectivity index (χ0v) is 18.0. The number of aromatic nitrogens is 1. The lowest BCUT2D eigenvalue weighted by atomic mass is 10.0. The molecule has 1 heterocycles. The average Bonchev–Trinajstić information content (AvgIpc) is 3.07. The Morgan fingerprint density at radius 2 is 1.66 bits per heavy atom. The van der Waals surface area contributed by atoms with Gasteiger partial charge in [-0.25, -0.2) is 4.98 Å². The summed E-state index contributed by atoms with van der Waals surface area (Å²) in [6.07, 6.45) is 0. The van der Waals surface area contributed by atoms with Crippen molar-refractivity contribution in [2.75, 3.05) is 18.5 Å². The average molecular weight is 411 g/mol. The smallest absolute Gasteiger partial charge is 0.264 e. The predicted molar refractivity (Wildman–Crippen MR) is 118 cm³/mol. The Balaban J connectivity index is 1.59. The lowest BCUT2D eigenvalue weighted by Gasteiger charge is -2.08.